The van der Waals surface area contributed by atoms with Gasteiger partial charge >= 0.3 is 5.88 Å². The normalized spacial score (nSPS) is 10.2. The Kier molecular flexibility index (Phi) is 3.32. The number of ether oxygens (including phenoxy) is 1. The highest BCUT2D eigenvalue weighted by Gasteiger charge is 2.09. The average molecular weight is 255 g/mol. The lowest BCUT2D eigenvalue weighted by Gasteiger charge is -2.03. The summed E-state index contributed by atoms with van der Waals surface area (Å²) in [6.07, 6.45) is 1.78. The van der Waals surface area contributed by atoms with Gasteiger partial charge in [0.15, 0.2) is 6.20 Å². The Labute approximate surface area is 104 Å². The van der Waals surface area contributed by atoms with E-state index in [9.17, 15) is 0 Å². The number of benzene rings is 1. The van der Waals surface area contributed by atoms with Gasteiger partial charge in [0.05, 0.1) is 6.07 Å². The summed E-state index contributed by atoms with van der Waals surface area (Å²) >= 11 is 11.6. The number of hydrogen-bond acceptors (Lipinski definition) is 1. The molecule has 2 nitrogen and oxygen atoms in total. The summed E-state index contributed by atoms with van der Waals surface area (Å²) in [5.41, 5.74) is 0. The molecule has 82 valence electrons. The molecule has 2 rings (SSSR count). The summed E-state index contributed by atoms with van der Waals surface area (Å²) in [5, 5.41) is 1.36. The zero-order valence-corrected chi connectivity index (χ0v) is 10.2. The van der Waals surface area contributed by atoms with Crippen LogP contribution in [0.2, 0.25) is 10.0 Å². The topological polar surface area (TPSA) is 13.1 Å². The van der Waals surface area contributed by atoms with Crippen molar-refractivity contribution in [1.82, 2.24) is 0 Å². The summed E-state index contributed by atoms with van der Waals surface area (Å²) in [6, 6.07) is 10.8. The molecule has 0 atom stereocenters. The predicted molar refractivity (Wildman–Crippen MR) is 64.2 cm³/mol. The molecule has 0 radical (unpaired) electrons. The summed E-state index contributed by atoms with van der Waals surface area (Å²) < 4.78 is 7.48. The SMILES string of the molecule is C[n+]1cc(Cl)ccc1Oc1ccc(Cl)cc1. The zero-order chi connectivity index (χ0) is 11.5. The van der Waals surface area contributed by atoms with E-state index in [4.69, 9.17) is 27.9 Å². The smallest absolute Gasteiger partial charge is 0.373 e. The van der Waals surface area contributed by atoms with Crippen molar-refractivity contribution in [2.45, 2.75) is 0 Å². The Hall–Kier alpha value is -1.25. The van der Waals surface area contributed by atoms with Crippen LogP contribution in [0.5, 0.6) is 11.6 Å². The van der Waals surface area contributed by atoms with Gasteiger partial charge in [0, 0.05) is 5.02 Å². The summed E-state index contributed by atoms with van der Waals surface area (Å²) in [6.45, 7) is 0. The van der Waals surface area contributed by atoms with Gasteiger partial charge in [-0.2, -0.15) is 4.57 Å². The zero-order valence-electron chi connectivity index (χ0n) is 8.65. The van der Waals surface area contributed by atoms with E-state index in [0.717, 1.165) is 5.75 Å². The molecular formula is C12H10Cl2NO+. The third-order valence-corrected chi connectivity index (χ3v) is 2.56. The van der Waals surface area contributed by atoms with Gasteiger partial charge in [-0.1, -0.05) is 23.2 Å². The minimum absolute atomic E-state index is 0.672. The van der Waals surface area contributed by atoms with E-state index in [0.29, 0.717) is 15.9 Å². The number of aromatic nitrogens is 1. The summed E-state index contributed by atoms with van der Waals surface area (Å²) in [4.78, 5) is 0. The minimum atomic E-state index is 0.672. The largest absolute Gasteiger partial charge is 0.405 e. The van der Waals surface area contributed by atoms with Crippen LogP contribution in [0.15, 0.2) is 42.6 Å². The maximum absolute atomic E-state index is 5.85. The fourth-order valence-corrected chi connectivity index (χ4v) is 1.62. The average Bonchev–Trinajstić information content (AvgIpc) is 2.25. The molecule has 0 aliphatic heterocycles. The molecule has 0 bridgehead atoms. The summed E-state index contributed by atoms with van der Waals surface area (Å²) in [7, 11) is 1.87. The quantitative estimate of drug-likeness (QED) is 0.747. The molecule has 0 aliphatic carbocycles. The van der Waals surface area contributed by atoms with E-state index in [2.05, 4.69) is 0 Å². The second kappa shape index (κ2) is 4.73. The summed E-state index contributed by atoms with van der Waals surface area (Å²) in [5.74, 6) is 1.45. The fourth-order valence-electron chi connectivity index (χ4n) is 1.29. The highest BCUT2D eigenvalue weighted by molar-refractivity contribution is 6.30. The molecule has 0 N–H and O–H groups in total. The van der Waals surface area contributed by atoms with Gasteiger partial charge in [-0.25, -0.2) is 0 Å². The minimum Gasteiger partial charge on any atom is -0.405 e. The predicted octanol–water partition coefficient (Wildman–Crippen LogP) is 3.61. The van der Waals surface area contributed by atoms with Gasteiger partial charge < -0.3 is 4.74 Å². The van der Waals surface area contributed by atoms with Crippen LogP contribution in [0, 0.1) is 0 Å². The van der Waals surface area contributed by atoms with Gasteiger partial charge in [0.1, 0.15) is 17.8 Å². The number of nitrogens with zero attached hydrogens (tertiary/aromatic N) is 1. The number of pyridine rings is 1. The first kappa shape index (κ1) is 11.2. The van der Waals surface area contributed by atoms with Crippen LogP contribution in [0.4, 0.5) is 0 Å². The van der Waals surface area contributed by atoms with E-state index in [1.807, 2.05) is 29.8 Å². The van der Waals surface area contributed by atoms with Crippen LogP contribution in [-0.4, -0.2) is 0 Å². The Morgan fingerprint density at radius 2 is 1.56 bits per heavy atom. The molecule has 0 unspecified atom stereocenters. The molecule has 1 aromatic heterocycles. The van der Waals surface area contributed by atoms with E-state index < -0.39 is 0 Å². The number of aryl methyl sites for hydroxylation is 1. The molecule has 0 aliphatic rings. The Balaban J connectivity index is 2.23. The van der Waals surface area contributed by atoms with E-state index in [1.54, 1.807) is 24.4 Å². The van der Waals surface area contributed by atoms with Crippen molar-refractivity contribution in [2.24, 2.45) is 7.05 Å². The molecule has 1 aromatic carbocycles. The lowest BCUT2D eigenvalue weighted by Crippen LogP contribution is -2.29. The van der Waals surface area contributed by atoms with Crippen molar-refractivity contribution in [2.75, 3.05) is 0 Å². The standard InChI is InChI=1S/C12H10Cl2NO/c1-15-8-10(14)4-7-12(15)16-11-5-2-9(13)3-6-11/h2-8H,1H3/q+1. The molecule has 0 fully saturated rings. The van der Waals surface area contributed by atoms with Gasteiger partial charge in [-0.3, -0.25) is 0 Å². The number of hydrogen-bond donors (Lipinski definition) is 0. The third-order valence-electron chi connectivity index (χ3n) is 2.09. The van der Waals surface area contributed by atoms with Crippen LogP contribution < -0.4 is 9.30 Å². The van der Waals surface area contributed by atoms with Crippen molar-refractivity contribution in [3.8, 4) is 11.6 Å². The highest BCUT2D eigenvalue weighted by atomic mass is 35.5. The van der Waals surface area contributed by atoms with E-state index in [1.165, 1.54) is 0 Å². The van der Waals surface area contributed by atoms with Crippen LogP contribution >= 0.6 is 23.2 Å². The van der Waals surface area contributed by atoms with Crippen molar-refractivity contribution in [3.05, 3.63) is 52.6 Å². The van der Waals surface area contributed by atoms with E-state index in [-0.39, 0.29) is 0 Å². The molecule has 0 saturated carbocycles. The number of halogens is 2. The number of rotatable bonds is 2. The molecule has 16 heavy (non-hydrogen) atoms. The van der Waals surface area contributed by atoms with Gasteiger partial charge in [0.2, 0.25) is 0 Å². The van der Waals surface area contributed by atoms with Crippen molar-refractivity contribution >= 4 is 23.2 Å². The molecule has 2 aromatic rings. The molecule has 1 heterocycles. The molecular weight excluding hydrogens is 245 g/mol. The first-order valence-corrected chi connectivity index (χ1v) is 5.49. The molecule has 4 heteroatoms. The van der Waals surface area contributed by atoms with Crippen molar-refractivity contribution in [3.63, 3.8) is 0 Å². The van der Waals surface area contributed by atoms with Crippen molar-refractivity contribution in [1.29, 1.82) is 0 Å². The Morgan fingerprint density at radius 1 is 0.938 bits per heavy atom. The first-order chi connectivity index (χ1) is 7.65. The molecule has 0 spiro atoms. The second-order valence-electron chi connectivity index (χ2n) is 3.35. The molecule has 0 amide bonds. The first-order valence-electron chi connectivity index (χ1n) is 4.74. The Bertz CT molecular complexity index is 497. The third kappa shape index (κ3) is 2.65. The molecule has 0 saturated heterocycles. The Morgan fingerprint density at radius 3 is 2.19 bits per heavy atom. The maximum Gasteiger partial charge on any atom is 0.373 e. The maximum atomic E-state index is 5.85. The van der Waals surface area contributed by atoms with Crippen LogP contribution in [0.3, 0.4) is 0 Å². The monoisotopic (exact) mass is 254 g/mol. The highest BCUT2D eigenvalue weighted by Crippen LogP contribution is 2.21. The van der Waals surface area contributed by atoms with E-state index >= 15 is 0 Å². The van der Waals surface area contributed by atoms with Crippen molar-refractivity contribution < 1.29 is 9.30 Å². The van der Waals surface area contributed by atoms with Gasteiger partial charge in [-0.15, -0.1) is 0 Å². The van der Waals surface area contributed by atoms with Gasteiger partial charge in [-0.05, 0) is 30.3 Å². The second-order valence-corrected chi connectivity index (χ2v) is 4.23. The van der Waals surface area contributed by atoms with Crippen LogP contribution in [0.25, 0.3) is 0 Å². The van der Waals surface area contributed by atoms with Crippen LogP contribution in [-0.2, 0) is 7.05 Å². The fraction of sp³-hybridized carbons (Fsp3) is 0.0833. The van der Waals surface area contributed by atoms with Crippen LogP contribution in [0.1, 0.15) is 0 Å². The lowest BCUT2D eigenvalue weighted by atomic mass is 10.3. The lowest BCUT2D eigenvalue weighted by molar-refractivity contribution is -0.675. The van der Waals surface area contributed by atoms with Gasteiger partial charge in [0.25, 0.3) is 0 Å².